The van der Waals surface area contributed by atoms with Gasteiger partial charge in [0.15, 0.2) is 0 Å². The highest BCUT2D eigenvalue weighted by Gasteiger charge is 2.22. The van der Waals surface area contributed by atoms with Crippen LogP contribution in [0.5, 0.6) is 0 Å². The maximum atomic E-state index is 11.3. The number of rotatable bonds is 9. The van der Waals surface area contributed by atoms with Crippen molar-refractivity contribution in [2.45, 2.75) is 31.4 Å². The molecular formula is C11H22N2O3. The first-order valence-electron chi connectivity index (χ1n) is 5.78. The molecule has 1 aliphatic rings. The Morgan fingerprint density at radius 1 is 1.44 bits per heavy atom. The fraction of sp³-hybridized carbons (Fsp3) is 0.909. The highest BCUT2D eigenvalue weighted by Crippen LogP contribution is 2.18. The number of hydrogen-bond acceptors (Lipinski definition) is 4. The van der Waals surface area contributed by atoms with Crippen LogP contribution >= 0.6 is 0 Å². The van der Waals surface area contributed by atoms with Crippen molar-refractivity contribution in [1.82, 2.24) is 10.6 Å². The minimum atomic E-state index is 0.0523. The molecule has 1 aliphatic carbocycles. The highest BCUT2D eigenvalue weighted by atomic mass is 16.5. The van der Waals surface area contributed by atoms with E-state index in [2.05, 4.69) is 10.6 Å². The molecule has 5 nitrogen and oxygen atoms in total. The summed E-state index contributed by atoms with van der Waals surface area (Å²) in [7, 11) is 3.31. The van der Waals surface area contributed by atoms with E-state index in [9.17, 15) is 4.79 Å². The van der Waals surface area contributed by atoms with Gasteiger partial charge in [0.1, 0.15) is 0 Å². The van der Waals surface area contributed by atoms with Gasteiger partial charge in [0, 0.05) is 39.8 Å². The lowest BCUT2D eigenvalue weighted by Crippen LogP contribution is -2.35. The molecule has 0 radical (unpaired) electrons. The van der Waals surface area contributed by atoms with Gasteiger partial charge in [-0.05, 0) is 12.8 Å². The predicted octanol–water partition coefficient (Wildman–Crippen LogP) is -0.0939. The van der Waals surface area contributed by atoms with Gasteiger partial charge >= 0.3 is 0 Å². The molecule has 0 aromatic heterocycles. The Kier molecular flexibility index (Phi) is 6.37. The zero-order valence-electron chi connectivity index (χ0n) is 10.1. The van der Waals surface area contributed by atoms with Crippen molar-refractivity contribution < 1.29 is 14.3 Å². The van der Waals surface area contributed by atoms with Crippen molar-refractivity contribution in [2.75, 3.05) is 33.9 Å². The summed E-state index contributed by atoms with van der Waals surface area (Å²) in [6, 6.07) is 0.452. The number of ether oxygens (including phenoxy) is 2. The van der Waals surface area contributed by atoms with Gasteiger partial charge < -0.3 is 20.1 Å². The third-order valence-corrected chi connectivity index (χ3v) is 2.53. The Hall–Kier alpha value is -0.650. The Labute approximate surface area is 96.9 Å². The molecule has 2 N–H and O–H groups in total. The van der Waals surface area contributed by atoms with E-state index in [4.69, 9.17) is 9.47 Å². The molecule has 0 heterocycles. The summed E-state index contributed by atoms with van der Waals surface area (Å²) in [6.07, 6.45) is 2.86. The van der Waals surface area contributed by atoms with Crippen LogP contribution < -0.4 is 10.6 Å². The van der Waals surface area contributed by atoms with E-state index < -0.39 is 0 Å². The number of methoxy groups -OCH3 is 2. The van der Waals surface area contributed by atoms with E-state index in [1.165, 1.54) is 0 Å². The summed E-state index contributed by atoms with van der Waals surface area (Å²) < 4.78 is 10.2. The second-order valence-corrected chi connectivity index (χ2v) is 4.11. The molecule has 0 aromatic carbocycles. The molecular weight excluding hydrogens is 208 g/mol. The van der Waals surface area contributed by atoms with Crippen LogP contribution in [-0.4, -0.2) is 52.0 Å². The SMILES string of the molecule is COCC(CNCCC(=O)NC1CC1)OC. The summed E-state index contributed by atoms with van der Waals surface area (Å²) >= 11 is 0. The van der Waals surface area contributed by atoms with Crippen LogP contribution in [0.25, 0.3) is 0 Å². The second kappa shape index (κ2) is 7.60. The van der Waals surface area contributed by atoms with Gasteiger partial charge in [-0.3, -0.25) is 4.79 Å². The second-order valence-electron chi connectivity index (χ2n) is 4.11. The van der Waals surface area contributed by atoms with E-state index in [1.54, 1.807) is 14.2 Å². The summed E-state index contributed by atoms with van der Waals surface area (Å²) in [4.78, 5) is 11.3. The molecule has 1 saturated carbocycles. The lowest BCUT2D eigenvalue weighted by Gasteiger charge is -2.14. The van der Waals surface area contributed by atoms with E-state index >= 15 is 0 Å². The molecule has 1 unspecified atom stereocenters. The van der Waals surface area contributed by atoms with Crippen LogP contribution in [0.1, 0.15) is 19.3 Å². The summed E-state index contributed by atoms with van der Waals surface area (Å²) in [5.41, 5.74) is 0. The zero-order valence-corrected chi connectivity index (χ0v) is 10.1. The van der Waals surface area contributed by atoms with Crippen molar-refractivity contribution in [3.8, 4) is 0 Å². The van der Waals surface area contributed by atoms with Crippen molar-refractivity contribution in [3.05, 3.63) is 0 Å². The first kappa shape index (κ1) is 13.4. The third-order valence-electron chi connectivity index (χ3n) is 2.53. The quantitative estimate of drug-likeness (QED) is 0.543. The number of nitrogens with one attached hydrogen (secondary N) is 2. The van der Waals surface area contributed by atoms with Crippen molar-refractivity contribution in [1.29, 1.82) is 0 Å². The number of hydrogen-bond donors (Lipinski definition) is 2. The molecule has 0 aliphatic heterocycles. The molecule has 0 saturated heterocycles. The third kappa shape index (κ3) is 6.05. The molecule has 16 heavy (non-hydrogen) atoms. The van der Waals surface area contributed by atoms with Crippen LogP contribution in [0.3, 0.4) is 0 Å². The molecule has 5 heteroatoms. The topological polar surface area (TPSA) is 59.6 Å². The van der Waals surface area contributed by atoms with Gasteiger partial charge in [-0.15, -0.1) is 0 Å². The van der Waals surface area contributed by atoms with Crippen LogP contribution in [0.2, 0.25) is 0 Å². The Morgan fingerprint density at radius 2 is 2.19 bits per heavy atom. The Morgan fingerprint density at radius 3 is 2.75 bits per heavy atom. The van der Waals surface area contributed by atoms with Crippen molar-refractivity contribution >= 4 is 5.91 Å². The monoisotopic (exact) mass is 230 g/mol. The molecule has 1 atom stereocenters. The average Bonchev–Trinajstić information content (AvgIpc) is 3.06. The van der Waals surface area contributed by atoms with Gasteiger partial charge in [0.2, 0.25) is 5.91 Å². The van der Waals surface area contributed by atoms with Crippen LogP contribution in [0.4, 0.5) is 0 Å². The van der Waals surface area contributed by atoms with Crippen molar-refractivity contribution in [3.63, 3.8) is 0 Å². The van der Waals surface area contributed by atoms with Gasteiger partial charge in [-0.25, -0.2) is 0 Å². The van der Waals surface area contributed by atoms with Crippen LogP contribution in [-0.2, 0) is 14.3 Å². The summed E-state index contributed by atoms with van der Waals surface area (Å²) in [5, 5.41) is 6.13. The van der Waals surface area contributed by atoms with Gasteiger partial charge in [0.25, 0.3) is 0 Å². The van der Waals surface area contributed by atoms with Gasteiger partial charge in [-0.2, -0.15) is 0 Å². The largest absolute Gasteiger partial charge is 0.382 e. The fourth-order valence-electron chi connectivity index (χ4n) is 1.39. The molecule has 1 amide bonds. The molecule has 0 bridgehead atoms. The first-order valence-corrected chi connectivity index (χ1v) is 5.78. The van der Waals surface area contributed by atoms with E-state index in [0.29, 0.717) is 32.2 Å². The average molecular weight is 230 g/mol. The Bertz CT molecular complexity index is 207. The molecule has 0 spiro atoms. The van der Waals surface area contributed by atoms with Gasteiger partial charge in [0.05, 0.1) is 12.7 Å². The molecule has 94 valence electrons. The first-order chi connectivity index (χ1) is 7.76. The maximum Gasteiger partial charge on any atom is 0.221 e. The number of carbonyl (C=O) groups is 1. The van der Waals surface area contributed by atoms with Crippen LogP contribution in [0, 0.1) is 0 Å². The minimum Gasteiger partial charge on any atom is -0.382 e. The van der Waals surface area contributed by atoms with Crippen LogP contribution in [0.15, 0.2) is 0 Å². The van der Waals surface area contributed by atoms with E-state index in [0.717, 1.165) is 12.8 Å². The summed E-state index contributed by atoms with van der Waals surface area (Å²) in [5.74, 6) is 0.135. The minimum absolute atomic E-state index is 0.0523. The lowest BCUT2D eigenvalue weighted by molar-refractivity contribution is -0.121. The highest BCUT2D eigenvalue weighted by molar-refractivity contribution is 5.76. The predicted molar refractivity (Wildman–Crippen MR) is 61.3 cm³/mol. The Balaban J connectivity index is 1.94. The van der Waals surface area contributed by atoms with Crippen molar-refractivity contribution in [2.24, 2.45) is 0 Å². The number of carbonyl (C=O) groups excluding carboxylic acids is 1. The standard InChI is InChI=1S/C11H22N2O3/c1-15-8-10(16-2)7-12-6-5-11(14)13-9-3-4-9/h9-10,12H,3-8H2,1-2H3,(H,13,14). The fourth-order valence-corrected chi connectivity index (χ4v) is 1.39. The van der Waals surface area contributed by atoms with E-state index in [-0.39, 0.29) is 12.0 Å². The summed E-state index contributed by atoms with van der Waals surface area (Å²) in [6.45, 7) is 1.96. The normalized spacial score (nSPS) is 17.1. The maximum absolute atomic E-state index is 11.3. The number of amides is 1. The molecule has 1 rings (SSSR count). The smallest absolute Gasteiger partial charge is 0.221 e. The van der Waals surface area contributed by atoms with Gasteiger partial charge in [-0.1, -0.05) is 0 Å². The molecule has 1 fully saturated rings. The molecule has 0 aromatic rings. The zero-order chi connectivity index (χ0) is 11.8. The van der Waals surface area contributed by atoms with E-state index in [1.807, 2.05) is 0 Å². The lowest BCUT2D eigenvalue weighted by atomic mass is 10.3.